The summed E-state index contributed by atoms with van der Waals surface area (Å²) in [5.41, 5.74) is 2.56. The van der Waals surface area contributed by atoms with Gasteiger partial charge in [0.25, 0.3) is 0 Å². The molecular weight excluding hydrogens is 316 g/mol. The standard InChI is InChI=1S/C21H26O4/c22-20(23)13-24-18-11-5-4-10-17(18)21-16-9-2-1-7-14(16)15-8-3-6-12-19(15)25-21/h4-5,7,10-11,15-16,19,21H,1-3,6,8-9,12-13H2,(H,22,23)/p-1/t15-,16-,19-,21-/m1/s1. The first-order valence-electron chi connectivity index (χ1n) is 9.51. The van der Waals surface area contributed by atoms with Gasteiger partial charge in [-0.1, -0.05) is 42.7 Å². The number of fused-ring (bicyclic) bond motifs is 3. The summed E-state index contributed by atoms with van der Waals surface area (Å²) < 4.78 is 12.1. The normalized spacial score (nSPS) is 31.4. The van der Waals surface area contributed by atoms with Gasteiger partial charge in [0.05, 0.1) is 18.2 Å². The monoisotopic (exact) mass is 341 g/mol. The molecule has 4 atom stereocenters. The molecule has 0 N–H and O–H groups in total. The van der Waals surface area contributed by atoms with Gasteiger partial charge < -0.3 is 19.4 Å². The van der Waals surface area contributed by atoms with E-state index >= 15 is 0 Å². The van der Waals surface area contributed by atoms with Crippen LogP contribution in [0.5, 0.6) is 5.75 Å². The minimum atomic E-state index is -1.20. The van der Waals surface area contributed by atoms with E-state index in [1.807, 2.05) is 24.3 Å². The number of benzene rings is 1. The van der Waals surface area contributed by atoms with Crippen molar-refractivity contribution in [3.8, 4) is 5.75 Å². The molecule has 0 bridgehead atoms. The summed E-state index contributed by atoms with van der Waals surface area (Å²) in [6.45, 7) is -0.427. The molecule has 0 amide bonds. The van der Waals surface area contributed by atoms with Crippen LogP contribution in [0.1, 0.15) is 56.6 Å². The van der Waals surface area contributed by atoms with Crippen molar-refractivity contribution in [2.45, 2.75) is 57.2 Å². The topological polar surface area (TPSA) is 58.6 Å². The minimum Gasteiger partial charge on any atom is -0.546 e. The second-order valence-electron chi connectivity index (χ2n) is 7.43. The zero-order chi connectivity index (χ0) is 17.2. The van der Waals surface area contributed by atoms with Crippen LogP contribution in [0.4, 0.5) is 0 Å². The predicted molar refractivity (Wildman–Crippen MR) is 91.9 cm³/mol. The fourth-order valence-electron chi connectivity index (χ4n) is 4.88. The lowest BCUT2D eigenvalue weighted by atomic mass is 9.68. The molecule has 2 fully saturated rings. The minimum absolute atomic E-state index is 0.0381. The van der Waals surface area contributed by atoms with Gasteiger partial charge in [-0.25, -0.2) is 0 Å². The van der Waals surface area contributed by atoms with E-state index in [1.54, 1.807) is 5.57 Å². The highest BCUT2D eigenvalue weighted by Gasteiger charge is 2.44. The van der Waals surface area contributed by atoms with Crippen molar-refractivity contribution >= 4 is 5.97 Å². The van der Waals surface area contributed by atoms with E-state index in [9.17, 15) is 9.90 Å². The van der Waals surface area contributed by atoms with Crippen molar-refractivity contribution in [1.82, 2.24) is 0 Å². The van der Waals surface area contributed by atoms with E-state index in [1.165, 1.54) is 32.1 Å². The Morgan fingerprint density at radius 2 is 1.92 bits per heavy atom. The molecule has 134 valence electrons. The molecule has 1 aromatic carbocycles. The summed E-state index contributed by atoms with van der Waals surface area (Å²) in [5, 5.41) is 10.8. The molecule has 1 saturated heterocycles. The Hall–Kier alpha value is -1.81. The van der Waals surface area contributed by atoms with Crippen molar-refractivity contribution < 1.29 is 19.4 Å². The number of allylic oxidation sites excluding steroid dienone is 1. The van der Waals surface area contributed by atoms with Gasteiger partial charge >= 0.3 is 0 Å². The van der Waals surface area contributed by atoms with E-state index in [0.717, 1.165) is 18.4 Å². The van der Waals surface area contributed by atoms with Crippen molar-refractivity contribution in [2.75, 3.05) is 6.61 Å². The van der Waals surface area contributed by atoms with Crippen LogP contribution < -0.4 is 9.84 Å². The van der Waals surface area contributed by atoms with Crippen LogP contribution in [0.25, 0.3) is 0 Å². The van der Waals surface area contributed by atoms with Gasteiger partial charge in [-0.2, -0.15) is 0 Å². The van der Waals surface area contributed by atoms with Gasteiger partial charge in [0.1, 0.15) is 12.4 Å². The molecule has 0 radical (unpaired) electrons. The zero-order valence-electron chi connectivity index (χ0n) is 14.5. The van der Waals surface area contributed by atoms with E-state index < -0.39 is 12.6 Å². The van der Waals surface area contributed by atoms with Crippen LogP contribution in [-0.4, -0.2) is 18.7 Å². The predicted octanol–water partition coefficient (Wildman–Crippen LogP) is 3.17. The first-order chi connectivity index (χ1) is 12.2. The van der Waals surface area contributed by atoms with Crippen LogP contribution in [0, 0.1) is 11.8 Å². The summed E-state index contributed by atoms with van der Waals surface area (Å²) in [5.74, 6) is 0.369. The molecule has 1 saturated carbocycles. The molecule has 25 heavy (non-hydrogen) atoms. The number of hydrogen-bond acceptors (Lipinski definition) is 4. The second kappa shape index (κ2) is 7.20. The highest BCUT2D eigenvalue weighted by Crippen LogP contribution is 2.52. The summed E-state index contributed by atoms with van der Waals surface area (Å²) in [6, 6.07) is 7.70. The second-order valence-corrected chi connectivity index (χ2v) is 7.43. The van der Waals surface area contributed by atoms with Gasteiger partial charge in [-0.3, -0.25) is 0 Å². The summed E-state index contributed by atoms with van der Waals surface area (Å²) in [6.07, 6.45) is 11.1. The van der Waals surface area contributed by atoms with Crippen LogP contribution in [-0.2, 0) is 9.53 Å². The Balaban J connectivity index is 1.66. The van der Waals surface area contributed by atoms with Gasteiger partial charge in [-0.15, -0.1) is 0 Å². The molecule has 0 unspecified atom stereocenters. The lowest BCUT2D eigenvalue weighted by Gasteiger charge is -2.47. The number of hydrogen-bond donors (Lipinski definition) is 0. The van der Waals surface area contributed by atoms with E-state index in [4.69, 9.17) is 9.47 Å². The molecule has 1 heterocycles. The molecule has 0 spiro atoms. The van der Waals surface area contributed by atoms with Gasteiger partial charge in [0.2, 0.25) is 0 Å². The molecule has 1 aromatic rings. The van der Waals surface area contributed by atoms with Crippen molar-refractivity contribution in [3.05, 3.63) is 41.5 Å². The molecular formula is C21H25O4-. The van der Waals surface area contributed by atoms with E-state index in [0.29, 0.717) is 17.6 Å². The van der Waals surface area contributed by atoms with Crippen LogP contribution in [0.2, 0.25) is 0 Å². The number of carboxylic acid groups (broad SMARTS) is 1. The number of carboxylic acids is 1. The molecule has 0 aromatic heterocycles. The lowest BCUT2D eigenvalue weighted by molar-refractivity contribution is -0.307. The van der Waals surface area contributed by atoms with Crippen molar-refractivity contribution in [3.63, 3.8) is 0 Å². The number of carbonyl (C=O) groups excluding carboxylic acids is 1. The lowest BCUT2D eigenvalue weighted by Crippen LogP contribution is -2.41. The number of carbonyl (C=O) groups is 1. The van der Waals surface area contributed by atoms with Crippen molar-refractivity contribution in [2.24, 2.45) is 11.8 Å². The number of rotatable bonds is 4. The average molecular weight is 341 g/mol. The zero-order valence-corrected chi connectivity index (χ0v) is 14.5. The van der Waals surface area contributed by atoms with Gasteiger partial charge in [0, 0.05) is 17.4 Å². The Morgan fingerprint density at radius 3 is 2.80 bits per heavy atom. The van der Waals surface area contributed by atoms with Crippen molar-refractivity contribution in [1.29, 1.82) is 0 Å². The summed E-state index contributed by atoms with van der Waals surface area (Å²) in [4.78, 5) is 10.8. The third-order valence-electron chi connectivity index (χ3n) is 5.92. The maximum absolute atomic E-state index is 10.8. The van der Waals surface area contributed by atoms with Gasteiger partial charge in [0.15, 0.2) is 0 Å². The largest absolute Gasteiger partial charge is 0.546 e. The van der Waals surface area contributed by atoms with Crippen LogP contribution in [0.15, 0.2) is 35.9 Å². The Kier molecular flexibility index (Phi) is 4.80. The molecule has 3 aliphatic rings. The third-order valence-corrected chi connectivity index (χ3v) is 5.92. The Labute approximate surface area is 148 Å². The number of aliphatic carboxylic acids is 1. The van der Waals surface area contributed by atoms with Crippen LogP contribution >= 0.6 is 0 Å². The number of ether oxygens (including phenoxy) is 2. The Morgan fingerprint density at radius 1 is 1.12 bits per heavy atom. The summed E-state index contributed by atoms with van der Waals surface area (Å²) >= 11 is 0. The highest BCUT2D eigenvalue weighted by atomic mass is 16.5. The SMILES string of the molecule is O=C([O-])COc1ccccc1[C@@H]1O[C@@H]2CCCC[C@@H]2C2=CCCC[C@H]21. The molecule has 4 heteroatoms. The molecule has 4 rings (SSSR count). The summed E-state index contributed by atoms with van der Waals surface area (Å²) in [7, 11) is 0. The average Bonchev–Trinajstić information content (AvgIpc) is 2.66. The van der Waals surface area contributed by atoms with Gasteiger partial charge in [-0.05, 0) is 38.2 Å². The first kappa shape index (κ1) is 16.6. The maximum atomic E-state index is 10.8. The van der Waals surface area contributed by atoms with Crippen LogP contribution in [0.3, 0.4) is 0 Å². The molecule has 4 nitrogen and oxygen atoms in total. The van der Waals surface area contributed by atoms with E-state index in [-0.39, 0.29) is 12.2 Å². The molecule has 2 aliphatic carbocycles. The number of para-hydroxylation sites is 1. The Bertz CT molecular complexity index is 666. The maximum Gasteiger partial charge on any atom is 0.128 e. The fraction of sp³-hybridized carbons (Fsp3) is 0.571. The molecule has 1 aliphatic heterocycles. The van der Waals surface area contributed by atoms with E-state index in [2.05, 4.69) is 6.08 Å². The quantitative estimate of drug-likeness (QED) is 0.789. The third kappa shape index (κ3) is 3.32. The smallest absolute Gasteiger partial charge is 0.128 e. The highest BCUT2D eigenvalue weighted by molar-refractivity contribution is 5.66. The first-order valence-corrected chi connectivity index (χ1v) is 9.51. The fourth-order valence-corrected chi connectivity index (χ4v) is 4.88.